The van der Waals surface area contributed by atoms with Gasteiger partial charge in [-0.1, -0.05) is 15.9 Å². The maximum atomic E-state index is 4.51. The van der Waals surface area contributed by atoms with Crippen molar-refractivity contribution in [2.45, 2.75) is 0 Å². The van der Waals surface area contributed by atoms with Crippen LogP contribution in [-0.4, -0.2) is 15.0 Å². The summed E-state index contributed by atoms with van der Waals surface area (Å²) in [6.07, 6.45) is 3.55. The molecule has 0 radical (unpaired) electrons. The Hall–Kier alpha value is -1.68. The minimum atomic E-state index is 0.848. The first kappa shape index (κ1) is 9.54. The summed E-state index contributed by atoms with van der Waals surface area (Å²) in [6, 6.07) is 9.87. The van der Waals surface area contributed by atoms with E-state index in [2.05, 4.69) is 30.9 Å². The van der Waals surface area contributed by atoms with E-state index in [0.717, 1.165) is 26.9 Å². The van der Waals surface area contributed by atoms with Crippen LogP contribution in [0, 0.1) is 0 Å². The number of aromatic amines is 1. The second-order valence-electron chi connectivity index (χ2n) is 3.49. The Morgan fingerprint density at radius 1 is 1.19 bits per heavy atom. The van der Waals surface area contributed by atoms with Crippen LogP contribution in [0.2, 0.25) is 0 Å². The van der Waals surface area contributed by atoms with Crippen LogP contribution in [0.5, 0.6) is 0 Å². The molecule has 2 heterocycles. The largest absolute Gasteiger partial charge is 0.338 e. The summed E-state index contributed by atoms with van der Waals surface area (Å²) in [5, 5.41) is 0. The van der Waals surface area contributed by atoms with Gasteiger partial charge >= 0.3 is 0 Å². The molecule has 0 amide bonds. The lowest BCUT2D eigenvalue weighted by molar-refractivity contribution is 1.27. The number of hydrogen-bond donors (Lipinski definition) is 1. The van der Waals surface area contributed by atoms with Crippen molar-refractivity contribution in [1.29, 1.82) is 0 Å². The highest BCUT2D eigenvalue weighted by Crippen LogP contribution is 2.22. The van der Waals surface area contributed by atoms with Crippen LogP contribution in [0.15, 0.2) is 47.2 Å². The van der Waals surface area contributed by atoms with Gasteiger partial charge in [-0.05, 0) is 30.3 Å². The standard InChI is InChI=1S/C12H8BrN3/c13-9-3-4-10-11(6-9)16-12(15-10)8-2-1-5-14-7-8/h1-7H,(H,15,16). The molecule has 3 nitrogen and oxygen atoms in total. The van der Waals surface area contributed by atoms with E-state index in [4.69, 9.17) is 0 Å². The Balaban J connectivity index is 2.19. The summed E-state index contributed by atoms with van der Waals surface area (Å²) in [5.41, 5.74) is 2.98. The zero-order valence-corrected chi connectivity index (χ0v) is 9.90. The maximum Gasteiger partial charge on any atom is 0.140 e. The molecule has 78 valence electrons. The highest BCUT2D eigenvalue weighted by Gasteiger charge is 2.04. The lowest BCUT2D eigenvalue weighted by Crippen LogP contribution is -1.80. The van der Waals surface area contributed by atoms with Gasteiger partial charge in [0.1, 0.15) is 5.82 Å². The summed E-state index contributed by atoms with van der Waals surface area (Å²) >= 11 is 3.44. The van der Waals surface area contributed by atoms with E-state index in [0.29, 0.717) is 0 Å². The van der Waals surface area contributed by atoms with E-state index in [-0.39, 0.29) is 0 Å². The van der Waals surface area contributed by atoms with Crippen molar-refractivity contribution in [3.05, 3.63) is 47.2 Å². The number of nitrogens with one attached hydrogen (secondary N) is 1. The lowest BCUT2D eigenvalue weighted by atomic mass is 10.3. The van der Waals surface area contributed by atoms with Crippen molar-refractivity contribution in [3.63, 3.8) is 0 Å². The molecule has 0 aliphatic heterocycles. The van der Waals surface area contributed by atoms with Crippen molar-refractivity contribution in [1.82, 2.24) is 15.0 Å². The quantitative estimate of drug-likeness (QED) is 0.739. The van der Waals surface area contributed by atoms with Gasteiger partial charge in [0, 0.05) is 22.4 Å². The average molecular weight is 274 g/mol. The molecule has 0 saturated carbocycles. The predicted octanol–water partition coefficient (Wildman–Crippen LogP) is 3.39. The number of aromatic nitrogens is 3. The maximum absolute atomic E-state index is 4.51. The minimum absolute atomic E-state index is 0.848. The fourth-order valence-corrected chi connectivity index (χ4v) is 1.98. The molecule has 0 saturated heterocycles. The third-order valence-electron chi connectivity index (χ3n) is 2.38. The molecule has 16 heavy (non-hydrogen) atoms. The molecule has 0 fully saturated rings. The molecule has 1 N–H and O–H groups in total. The number of pyridine rings is 1. The Morgan fingerprint density at radius 2 is 2.12 bits per heavy atom. The van der Waals surface area contributed by atoms with Crippen LogP contribution in [0.4, 0.5) is 0 Å². The molecule has 2 aromatic heterocycles. The van der Waals surface area contributed by atoms with Gasteiger partial charge in [-0.15, -0.1) is 0 Å². The SMILES string of the molecule is Brc1ccc2nc(-c3cccnc3)[nH]c2c1. The van der Waals surface area contributed by atoms with Crippen molar-refractivity contribution < 1.29 is 0 Å². The van der Waals surface area contributed by atoms with E-state index in [1.807, 2.05) is 30.3 Å². The van der Waals surface area contributed by atoms with Crippen LogP contribution in [-0.2, 0) is 0 Å². The predicted molar refractivity (Wildman–Crippen MR) is 67.0 cm³/mol. The first-order valence-electron chi connectivity index (χ1n) is 4.88. The highest BCUT2D eigenvalue weighted by molar-refractivity contribution is 9.10. The van der Waals surface area contributed by atoms with Crippen LogP contribution < -0.4 is 0 Å². The van der Waals surface area contributed by atoms with E-state index >= 15 is 0 Å². The van der Waals surface area contributed by atoms with E-state index in [1.165, 1.54) is 0 Å². The van der Waals surface area contributed by atoms with Crippen molar-refractivity contribution >= 4 is 27.0 Å². The van der Waals surface area contributed by atoms with Gasteiger partial charge in [-0.2, -0.15) is 0 Å². The fourth-order valence-electron chi connectivity index (χ4n) is 1.62. The monoisotopic (exact) mass is 273 g/mol. The molecular weight excluding hydrogens is 266 g/mol. The molecule has 1 aromatic carbocycles. The molecule has 0 aliphatic carbocycles. The third kappa shape index (κ3) is 1.61. The van der Waals surface area contributed by atoms with Gasteiger partial charge in [0.15, 0.2) is 0 Å². The number of H-pyrrole nitrogens is 1. The van der Waals surface area contributed by atoms with Crippen molar-refractivity contribution in [3.8, 4) is 11.4 Å². The Morgan fingerprint density at radius 3 is 2.94 bits per heavy atom. The second-order valence-corrected chi connectivity index (χ2v) is 4.40. The Bertz CT molecular complexity index is 631. The number of halogens is 1. The molecular formula is C12H8BrN3. The molecule has 3 aromatic rings. The van der Waals surface area contributed by atoms with Crippen molar-refractivity contribution in [2.75, 3.05) is 0 Å². The summed E-state index contributed by atoms with van der Waals surface area (Å²) in [6.45, 7) is 0. The number of benzene rings is 1. The average Bonchev–Trinajstić information content (AvgIpc) is 2.73. The molecule has 0 aliphatic rings. The Kier molecular flexibility index (Phi) is 2.22. The van der Waals surface area contributed by atoms with Crippen LogP contribution in [0.1, 0.15) is 0 Å². The molecule has 0 atom stereocenters. The second kappa shape index (κ2) is 3.72. The summed E-state index contributed by atoms with van der Waals surface area (Å²) in [5.74, 6) is 0.848. The number of hydrogen-bond acceptors (Lipinski definition) is 2. The first-order valence-corrected chi connectivity index (χ1v) is 5.68. The summed E-state index contributed by atoms with van der Waals surface area (Å²) in [7, 11) is 0. The van der Waals surface area contributed by atoms with Crippen molar-refractivity contribution in [2.24, 2.45) is 0 Å². The van der Waals surface area contributed by atoms with Gasteiger partial charge in [0.2, 0.25) is 0 Å². The molecule has 4 heteroatoms. The molecule has 3 rings (SSSR count). The number of rotatable bonds is 1. The van der Waals surface area contributed by atoms with E-state index in [9.17, 15) is 0 Å². The summed E-state index contributed by atoms with van der Waals surface area (Å²) in [4.78, 5) is 11.9. The van der Waals surface area contributed by atoms with Gasteiger partial charge in [-0.3, -0.25) is 4.98 Å². The van der Waals surface area contributed by atoms with Gasteiger partial charge in [-0.25, -0.2) is 4.98 Å². The lowest BCUT2D eigenvalue weighted by Gasteiger charge is -1.92. The van der Waals surface area contributed by atoms with Crippen LogP contribution in [0.25, 0.3) is 22.4 Å². The van der Waals surface area contributed by atoms with Gasteiger partial charge < -0.3 is 4.98 Å². The normalized spacial score (nSPS) is 10.8. The Labute approximate surface area is 101 Å². The van der Waals surface area contributed by atoms with Crippen LogP contribution >= 0.6 is 15.9 Å². The van der Waals surface area contributed by atoms with Gasteiger partial charge in [0.05, 0.1) is 11.0 Å². The molecule has 0 bridgehead atoms. The zero-order valence-electron chi connectivity index (χ0n) is 8.31. The fraction of sp³-hybridized carbons (Fsp3) is 0. The van der Waals surface area contributed by atoms with E-state index in [1.54, 1.807) is 12.4 Å². The minimum Gasteiger partial charge on any atom is -0.338 e. The van der Waals surface area contributed by atoms with E-state index < -0.39 is 0 Å². The smallest absolute Gasteiger partial charge is 0.140 e. The van der Waals surface area contributed by atoms with Gasteiger partial charge in [0.25, 0.3) is 0 Å². The number of fused-ring (bicyclic) bond motifs is 1. The molecule has 0 unspecified atom stereocenters. The topological polar surface area (TPSA) is 41.6 Å². The zero-order chi connectivity index (χ0) is 11.0. The highest BCUT2D eigenvalue weighted by atomic mass is 79.9. The number of nitrogens with zero attached hydrogens (tertiary/aromatic N) is 2. The first-order chi connectivity index (χ1) is 7.83. The summed E-state index contributed by atoms with van der Waals surface area (Å²) < 4.78 is 1.04. The number of imidazole rings is 1. The molecule has 0 spiro atoms. The van der Waals surface area contributed by atoms with Crippen LogP contribution in [0.3, 0.4) is 0 Å². The third-order valence-corrected chi connectivity index (χ3v) is 2.87.